The van der Waals surface area contributed by atoms with Gasteiger partial charge in [0.25, 0.3) is 0 Å². The van der Waals surface area contributed by atoms with Crippen LogP contribution in [0.2, 0.25) is 5.02 Å². The molecule has 0 bridgehead atoms. The lowest BCUT2D eigenvalue weighted by molar-refractivity contribution is -0.139. The molecule has 1 aromatic rings. The molecule has 1 aromatic carbocycles. The first-order chi connectivity index (χ1) is 8.15. The van der Waals surface area contributed by atoms with Crippen molar-refractivity contribution in [1.29, 1.82) is 0 Å². The first-order valence-electron chi connectivity index (χ1n) is 5.01. The van der Waals surface area contributed by atoms with Crippen LogP contribution in [0.3, 0.4) is 0 Å². The van der Waals surface area contributed by atoms with Gasteiger partial charge in [-0.25, -0.2) is 5.43 Å². The Bertz CT molecular complexity index is 446. The van der Waals surface area contributed by atoms with Crippen LogP contribution in [-0.4, -0.2) is 24.6 Å². The summed E-state index contributed by atoms with van der Waals surface area (Å²) in [5.74, 6) is -1.53. The Labute approximate surface area is 104 Å². The van der Waals surface area contributed by atoms with Crippen molar-refractivity contribution in [1.82, 2.24) is 10.7 Å². The molecule has 0 aliphatic heterocycles. The molecule has 0 atom stereocenters. The van der Waals surface area contributed by atoms with Crippen LogP contribution in [0.1, 0.15) is 12.5 Å². The Morgan fingerprint density at radius 2 is 2.06 bits per heavy atom. The molecule has 0 aromatic heterocycles. The number of carbonyl (C=O) groups is 2. The topological polar surface area (TPSA) is 70.6 Å². The van der Waals surface area contributed by atoms with E-state index in [-0.39, 0.29) is 0 Å². The van der Waals surface area contributed by atoms with Gasteiger partial charge >= 0.3 is 11.8 Å². The van der Waals surface area contributed by atoms with E-state index in [2.05, 4.69) is 15.8 Å². The molecule has 0 spiro atoms. The molecule has 0 fully saturated rings. The number of likely N-dealkylation sites (N-methyl/N-ethyl adjacent to an activating group) is 1. The smallest absolute Gasteiger partial charge is 0.329 e. The van der Waals surface area contributed by atoms with Crippen molar-refractivity contribution in [3.8, 4) is 0 Å². The fourth-order valence-electron chi connectivity index (χ4n) is 1.03. The molecule has 17 heavy (non-hydrogen) atoms. The van der Waals surface area contributed by atoms with Crippen LogP contribution in [-0.2, 0) is 9.59 Å². The second-order valence-electron chi connectivity index (χ2n) is 3.08. The van der Waals surface area contributed by atoms with Gasteiger partial charge in [-0.05, 0) is 13.0 Å². The predicted octanol–water partition coefficient (Wildman–Crippen LogP) is 0.926. The first kappa shape index (κ1) is 13.2. The molecule has 90 valence electrons. The van der Waals surface area contributed by atoms with E-state index < -0.39 is 11.8 Å². The molecule has 6 heteroatoms. The first-order valence-corrected chi connectivity index (χ1v) is 5.38. The van der Waals surface area contributed by atoms with Crippen LogP contribution in [0, 0.1) is 0 Å². The van der Waals surface area contributed by atoms with Gasteiger partial charge in [0.2, 0.25) is 0 Å². The normalized spacial score (nSPS) is 10.2. The summed E-state index contributed by atoms with van der Waals surface area (Å²) in [4.78, 5) is 22.2. The van der Waals surface area contributed by atoms with Crippen LogP contribution < -0.4 is 10.7 Å². The number of benzene rings is 1. The number of hydrogen-bond acceptors (Lipinski definition) is 3. The summed E-state index contributed by atoms with van der Waals surface area (Å²) in [5, 5.41) is 6.51. The van der Waals surface area contributed by atoms with E-state index in [1.165, 1.54) is 6.21 Å². The van der Waals surface area contributed by atoms with Gasteiger partial charge in [0.15, 0.2) is 0 Å². The van der Waals surface area contributed by atoms with Crippen molar-refractivity contribution >= 4 is 29.6 Å². The van der Waals surface area contributed by atoms with Crippen LogP contribution in [0.25, 0.3) is 0 Å². The van der Waals surface area contributed by atoms with E-state index in [1.54, 1.807) is 31.2 Å². The van der Waals surface area contributed by atoms with Crippen molar-refractivity contribution in [3.05, 3.63) is 34.9 Å². The van der Waals surface area contributed by atoms with Crippen LogP contribution in [0.4, 0.5) is 0 Å². The molecule has 5 nitrogen and oxygen atoms in total. The van der Waals surface area contributed by atoms with Gasteiger partial charge in [0, 0.05) is 17.1 Å². The van der Waals surface area contributed by atoms with Crippen molar-refractivity contribution in [3.63, 3.8) is 0 Å². The lowest BCUT2D eigenvalue weighted by atomic mass is 10.2. The summed E-state index contributed by atoms with van der Waals surface area (Å²) in [6.45, 7) is 2.11. The number of carbonyl (C=O) groups excluding carboxylic acids is 2. The summed E-state index contributed by atoms with van der Waals surface area (Å²) < 4.78 is 0. The van der Waals surface area contributed by atoms with Crippen LogP contribution >= 0.6 is 11.6 Å². The molecule has 2 N–H and O–H groups in total. The van der Waals surface area contributed by atoms with Crippen LogP contribution in [0.15, 0.2) is 29.4 Å². The highest BCUT2D eigenvalue weighted by Crippen LogP contribution is 2.11. The molecule has 0 saturated heterocycles. The minimum atomic E-state index is -0.810. The second-order valence-corrected chi connectivity index (χ2v) is 3.49. The number of amides is 2. The average molecular weight is 254 g/mol. The molecular formula is C11H12ClN3O2. The number of rotatable bonds is 3. The minimum absolute atomic E-state index is 0.389. The Morgan fingerprint density at radius 1 is 1.35 bits per heavy atom. The van der Waals surface area contributed by atoms with E-state index >= 15 is 0 Å². The largest absolute Gasteiger partial charge is 0.348 e. The highest BCUT2D eigenvalue weighted by Gasteiger charge is 2.10. The Morgan fingerprint density at radius 3 is 2.71 bits per heavy atom. The Hall–Kier alpha value is -1.88. The highest BCUT2D eigenvalue weighted by molar-refractivity contribution is 6.35. The number of halogens is 1. The monoisotopic (exact) mass is 253 g/mol. The zero-order chi connectivity index (χ0) is 12.7. The van der Waals surface area contributed by atoms with Gasteiger partial charge < -0.3 is 5.32 Å². The third-order valence-electron chi connectivity index (χ3n) is 1.82. The van der Waals surface area contributed by atoms with Gasteiger partial charge in [0.05, 0.1) is 6.21 Å². The lowest BCUT2D eigenvalue weighted by Crippen LogP contribution is -2.37. The maximum atomic E-state index is 11.1. The average Bonchev–Trinajstić information content (AvgIpc) is 2.31. The van der Waals surface area contributed by atoms with Gasteiger partial charge in [0.1, 0.15) is 0 Å². The quantitative estimate of drug-likeness (QED) is 0.478. The maximum Gasteiger partial charge on any atom is 0.329 e. The molecule has 1 rings (SSSR count). The summed E-state index contributed by atoms with van der Waals surface area (Å²) in [7, 11) is 0. The van der Waals surface area contributed by atoms with Gasteiger partial charge in [-0.3, -0.25) is 9.59 Å². The lowest BCUT2D eigenvalue weighted by Gasteiger charge is -2.00. The molecule has 0 unspecified atom stereocenters. The molecule has 0 heterocycles. The maximum absolute atomic E-state index is 11.1. The molecular weight excluding hydrogens is 242 g/mol. The standard InChI is InChI=1S/C11H12ClN3O2/c1-2-13-10(16)11(17)15-14-7-8-5-3-4-6-9(8)12/h3-7H,2H2,1H3,(H,13,16)(H,15,17). The van der Waals surface area contributed by atoms with Crippen LogP contribution in [0.5, 0.6) is 0 Å². The number of nitrogens with one attached hydrogen (secondary N) is 2. The predicted molar refractivity (Wildman–Crippen MR) is 65.9 cm³/mol. The SMILES string of the molecule is CCNC(=O)C(=O)NN=Cc1ccccc1Cl. The van der Waals surface area contributed by atoms with Gasteiger partial charge in [-0.2, -0.15) is 5.10 Å². The molecule has 0 aliphatic rings. The summed E-state index contributed by atoms with van der Waals surface area (Å²) in [6.07, 6.45) is 1.37. The summed E-state index contributed by atoms with van der Waals surface area (Å²) >= 11 is 5.87. The summed E-state index contributed by atoms with van der Waals surface area (Å²) in [6, 6.07) is 7.02. The zero-order valence-electron chi connectivity index (χ0n) is 9.24. The number of hydrogen-bond donors (Lipinski definition) is 2. The van der Waals surface area contributed by atoms with E-state index in [4.69, 9.17) is 11.6 Å². The molecule has 0 saturated carbocycles. The number of nitrogens with zero attached hydrogens (tertiary/aromatic N) is 1. The molecule has 0 aliphatic carbocycles. The van der Waals surface area contributed by atoms with Crippen molar-refractivity contribution in [2.75, 3.05) is 6.54 Å². The minimum Gasteiger partial charge on any atom is -0.348 e. The Kier molecular flexibility index (Phi) is 5.16. The second kappa shape index (κ2) is 6.65. The fraction of sp³-hybridized carbons (Fsp3) is 0.182. The molecule has 0 radical (unpaired) electrons. The highest BCUT2D eigenvalue weighted by atomic mass is 35.5. The fourth-order valence-corrected chi connectivity index (χ4v) is 1.22. The van der Waals surface area contributed by atoms with E-state index in [0.29, 0.717) is 17.1 Å². The summed E-state index contributed by atoms with van der Waals surface area (Å²) in [5.41, 5.74) is 2.76. The zero-order valence-corrected chi connectivity index (χ0v) is 9.99. The van der Waals surface area contributed by atoms with Crippen molar-refractivity contribution < 1.29 is 9.59 Å². The third-order valence-corrected chi connectivity index (χ3v) is 2.16. The van der Waals surface area contributed by atoms with Gasteiger partial charge in [-0.1, -0.05) is 29.8 Å². The third kappa shape index (κ3) is 4.24. The van der Waals surface area contributed by atoms with E-state index in [9.17, 15) is 9.59 Å². The van der Waals surface area contributed by atoms with E-state index in [1.807, 2.05) is 0 Å². The number of hydrazone groups is 1. The van der Waals surface area contributed by atoms with Crippen molar-refractivity contribution in [2.24, 2.45) is 5.10 Å². The molecule has 2 amide bonds. The Balaban J connectivity index is 2.54. The van der Waals surface area contributed by atoms with Gasteiger partial charge in [-0.15, -0.1) is 0 Å². The van der Waals surface area contributed by atoms with Crippen molar-refractivity contribution in [2.45, 2.75) is 6.92 Å². The van der Waals surface area contributed by atoms with E-state index in [0.717, 1.165) is 0 Å².